The van der Waals surface area contributed by atoms with Crippen molar-refractivity contribution in [2.45, 2.75) is 0 Å². The molecule has 0 aliphatic rings. The van der Waals surface area contributed by atoms with E-state index in [0.717, 1.165) is 0 Å². The van der Waals surface area contributed by atoms with E-state index in [1.807, 2.05) is 0 Å². The summed E-state index contributed by atoms with van der Waals surface area (Å²) in [5, 5.41) is 0. The second-order valence-electron chi connectivity index (χ2n) is 0.671. The van der Waals surface area contributed by atoms with E-state index < -0.39 is 56.4 Å². The molecule has 0 heterocycles. The Morgan fingerprint density at radius 2 is 0.571 bits per heavy atom. The average molecular weight is 989 g/mol. The monoisotopic (exact) mass is 989 g/mol. The van der Waals surface area contributed by atoms with Gasteiger partial charge in [-0.05, 0) is 0 Å². The molecule has 79 valence electrons. The molecule has 0 bridgehead atoms. The predicted octanol–water partition coefficient (Wildman–Crippen LogP) is -4.67. The van der Waals surface area contributed by atoms with Gasteiger partial charge in [-0.15, -0.1) is 0 Å². The van der Waals surface area contributed by atoms with Crippen LogP contribution in [-0.4, -0.2) is 26.2 Å². The van der Waals surface area contributed by atoms with Crippen LogP contribution in [0.3, 0.4) is 0 Å². The Labute approximate surface area is 133 Å². The Morgan fingerprint density at radius 3 is 0.571 bits per heavy atom. The first-order valence-corrected chi connectivity index (χ1v) is 13.4. The Bertz CT molecular complexity index is 213. The van der Waals surface area contributed by atoms with E-state index in [1.54, 1.807) is 0 Å². The molecule has 0 fully saturated rings. The zero-order chi connectivity index (χ0) is 10.7. The second kappa shape index (κ2) is 24.7. The second-order valence-corrected chi connectivity index (χ2v) is 5.49. The summed E-state index contributed by atoms with van der Waals surface area (Å²) in [5.41, 5.74) is 0. The van der Waals surface area contributed by atoms with Gasteiger partial charge in [0.2, 0.25) is 0 Å². The van der Waals surface area contributed by atoms with Crippen LogP contribution in [0.25, 0.3) is 0 Å². The minimum atomic E-state index is -4.34. The van der Waals surface area contributed by atoms with E-state index in [2.05, 4.69) is 0 Å². The fourth-order valence-electron chi connectivity index (χ4n) is 0. The third kappa shape index (κ3) is 417. The molecule has 0 aliphatic heterocycles. The Hall–Kier alpha value is 2.52. The molecule has 0 aliphatic carbocycles. The van der Waals surface area contributed by atoms with Crippen molar-refractivity contribution in [3.8, 4) is 0 Å². The van der Waals surface area contributed by atoms with Crippen LogP contribution in [0.15, 0.2) is 0 Å². The molecule has 9 nitrogen and oxygen atoms in total. The van der Waals surface area contributed by atoms with Crippen molar-refractivity contribution in [2.24, 2.45) is 0 Å². The number of rotatable bonds is 0. The first kappa shape index (κ1) is 30.0. The van der Waals surface area contributed by atoms with Crippen molar-refractivity contribution in [3.63, 3.8) is 0 Å². The zero-order valence-corrected chi connectivity index (χ0v) is 21.2. The molecular formula is BiNbO9Ta3. The summed E-state index contributed by atoms with van der Waals surface area (Å²) in [6, 6.07) is 0. The zero-order valence-electron chi connectivity index (χ0n) is 5.91. The molecule has 0 atom stereocenters. The van der Waals surface area contributed by atoms with Gasteiger partial charge >= 0.3 is 113 Å². The molecule has 0 saturated carbocycles. The molecule has 0 amide bonds. The summed E-state index contributed by atoms with van der Waals surface area (Å²) in [6.07, 6.45) is 0. The van der Waals surface area contributed by atoms with Crippen molar-refractivity contribution in [3.05, 3.63) is 0 Å². The first-order chi connectivity index (χ1) is 5.20. The van der Waals surface area contributed by atoms with Crippen LogP contribution in [0.1, 0.15) is 0 Å². The van der Waals surface area contributed by atoms with E-state index in [1.165, 1.54) is 0 Å². The molecule has 14 heteroatoms. The molecule has 3 radical (unpaired) electrons. The van der Waals surface area contributed by atoms with E-state index in [4.69, 9.17) is 30.3 Å². The topological polar surface area (TPSA) is 172 Å². The van der Waals surface area contributed by atoms with Crippen molar-refractivity contribution in [1.29, 1.82) is 0 Å². The van der Waals surface area contributed by atoms with Crippen molar-refractivity contribution in [2.75, 3.05) is 0 Å². The van der Waals surface area contributed by atoms with Crippen molar-refractivity contribution < 1.29 is 109 Å². The Kier molecular flexibility index (Phi) is 52.8. The van der Waals surface area contributed by atoms with E-state index in [-0.39, 0.29) is 48.6 Å². The summed E-state index contributed by atoms with van der Waals surface area (Å²) < 4.78 is 77.6. The van der Waals surface area contributed by atoms with E-state index in [0.29, 0.717) is 0 Å². The fourth-order valence-corrected chi connectivity index (χ4v) is 0. The summed E-state index contributed by atoms with van der Waals surface area (Å²) in [7, 11) is 0. The van der Waals surface area contributed by atoms with Gasteiger partial charge in [-0.25, -0.2) is 0 Å². The van der Waals surface area contributed by atoms with E-state index >= 15 is 0 Å². The van der Waals surface area contributed by atoms with Gasteiger partial charge in [-0.3, -0.25) is 0 Å². The Balaban J connectivity index is -0.0000000270. The van der Waals surface area contributed by atoms with E-state index in [9.17, 15) is 0 Å². The van der Waals surface area contributed by atoms with Gasteiger partial charge in [0.05, 0.1) is 0 Å². The summed E-state index contributed by atoms with van der Waals surface area (Å²) in [6.45, 7) is 0. The third-order valence-electron chi connectivity index (χ3n) is 0. The van der Waals surface area contributed by atoms with Gasteiger partial charge in [0.1, 0.15) is 0 Å². The van der Waals surface area contributed by atoms with Gasteiger partial charge in [0.15, 0.2) is 0 Å². The summed E-state index contributed by atoms with van der Waals surface area (Å²) >= 11 is -13.0. The molecule has 0 unspecified atom stereocenters. The molecule has 0 N–H and O–H groups in total. The van der Waals surface area contributed by atoms with Crippen molar-refractivity contribution in [1.82, 2.24) is 0 Å². The number of hydrogen-bond acceptors (Lipinski definition) is 9. The molecular weight excluding hydrogens is 989 g/mol. The van der Waals surface area contributed by atoms with Crippen LogP contribution in [0.2, 0.25) is 0 Å². The molecule has 0 aromatic rings. The maximum absolute atomic E-state index is 8.62. The molecule has 0 aromatic carbocycles. The van der Waals surface area contributed by atoms with Gasteiger partial charge in [0, 0.05) is 22.4 Å². The van der Waals surface area contributed by atoms with Gasteiger partial charge in [0.25, 0.3) is 0 Å². The van der Waals surface area contributed by atoms with Crippen molar-refractivity contribution >= 4 is 26.2 Å². The van der Waals surface area contributed by atoms with Crippen LogP contribution in [0.5, 0.6) is 0 Å². The standard InChI is InChI=1S/Bi.Nb.9O.3Ta/q+3;;;;;;;;3*-1;;;. The molecule has 0 saturated heterocycles. The maximum atomic E-state index is 8.62. The van der Waals surface area contributed by atoms with Crippen LogP contribution in [-0.2, 0) is 98.2 Å². The Morgan fingerprint density at radius 1 is 0.571 bits per heavy atom. The normalized spacial score (nSPS) is 5.36. The molecule has 0 rings (SSSR count). The SMILES string of the molecule is [Bi+3].[Nb].[O]=[Ta](=[O])[O-].[O]=[Ta](=[O])[O-].[O]=[Ta](=[O])[O-]. The summed E-state index contributed by atoms with van der Waals surface area (Å²) in [4.78, 5) is 0. The van der Waals surface area contributed by atoms with Crippen LogP contribution in [0.4, 0.5) is 0 Å². The van der Waals surface area contributed by atoms with Crippen LogP contribution in [0, 0.1) is 0 Å². The van der Waals surface area contributed by atoms with Gasteiger partial charge < -0.3 is 0 Å². The fraction of sp³-hybridized carbons (Fsp3) is 0. The average Bonchev–Trinajstić information content (AvgIpc) is 1.54. The molecule has 0 spiro atoms. The third-order valence-corrected chi connectivity index (χ3v) is 0. The summed E-state index contributed by atoms with van der Waals surface area (Å²) in [5.74, 6) is 0. The number of hydrogen-bond donors (Lipinski definition) is 0. The minimum absolute atomic E-state index is 0. The molecule has 0 aromatic heterocycles. The quantitative estimate of drug-likeness (QED) is 0.217. The van der Waals surface area contributed by atoms with Crippen LogP contribution >= 0.6 is 0 Å². The van der Waals surface area contributed by atoms with Gasteiger partial charge in [-0.1, -0.05) is 0 Å². The molecule has 14 heavy (non-hydrogen) atoms. The van der Waals surface area contributed by atoms with Crippen LogP contribution < -0.4 is 10.8 Å². The van der Waals surface area contributed by atoms with Gasteiger partial charge in [-0.2, -0.15) is 0 Å². The predicted molar refractivity (Wildman–Crippen MR) is 9.87 cm³/mol. The first-order valence-electron chi connectivity index (χ1n) is 1.64.